The molecule has 1 aromatic carbocycles. The first-order chi connectivity index (χ1) is 13.1. The predicted molar refractivity (Wildman–Crippen MR) is 108 cm³/mol. The van der Waals surface area contributed by atoms with Gasteiger partial charge in [0.25, 0.3) is 0 Å². The number of H-pyrrole nitrogens is 1. The van der Waals surface area contributed by atoms with Crippen molar-refractivity contribution in [3.63, 3.8) is 0 Å². The van der Waals surface area contributed by atoms with Crippen molar-refractivity contribution in [3.05, 3.63) is 46.8 Å². The molecule has 0 bridgehead atoms. The number of benzene rings is 1. The zero-order valence-electron chi connectivity index (χ0n) is 17.2. The fourth-order valence-electron chi connectivity index (χ4n) is 3.17. The highest BCUT2D eigenvalue weighted by Gasteiger charge is 2.26. The van der Waals surface area contributed by atoms with E-state index >= 15 is 0 Å². The first-order valence-electron chi connectivity index (χ1n) is 9.04. The Bertz CT molecular complexity index is 884. The molecule has 2 aromatic rings. The number of Topliss-reactive ketones (excluding diaryl/α,β-unsaturated/α-hetero) is 2. The van der Waals surface area contributed by atoms with Crippen LogP contribution in [0.4, 0.5) is 5.69 Å². The molecule has 1 aromatic heterocycles. The van der Waals surface area contributed by atoms with Crippen molar-refractivity contribution in [3.8, 4) is 5.75 Å². The van der Waals surface area contributed by atoms with Crippen LogP contribution in [0.25, 0.3) is 0 Å². The van der Waals surface area contributed by atoms with Crippen molar-refractivity contribution in [2.45, 2.75) is 33.7 Å². The topological polar surface area (TPSA) is 91.5 Å². The molecule has 7 nitrogen and oxygen atoms in total. The number of nitrogens with zero attached hydrogens (tertiary/aromatic N) is 1. The summed E-state index contributed by atoms with van der Waals surface area (Å²) in [7, 11) is 3.29. The quantitative estimate of drug-likeness (QED) is 0.682. The monoisotopic (exact) mass is 385 g/mol. The highest BCUT2D eigenvalue weighted by atomic mass is 16.5. The highest BCUT2D eigenvalue weighted by Crippen LogP contribution is 2.21. The van der Waals surface area contributed by atoms with Crippen molar-refractivity contribution in [1.82, 2.24) is 9.88 Å². The number of hydrogen-bond donors (Lipinski definition) is 2. The lowest BCUT2D eigenvalue weighted by Crippen LogP contribution is -2.41. The van der Waals surface area contributed by atoms with Gasteiger partial charge >= 0.3 is 0 Å². The van der Waals surface area contributed by atoms with E-state index < -0.39 is 6.04 Å². The number of aromatic nitrogens is 1. The summed E-state index contributed by atoms with van der Waals surface area (Å²) >= 11 is 0. The lowest BCUT2D eigenvalue weighted by molar-refractivity contribution is -0.117. The fraction of sp³-hybridized carbons (Fsp3) is 0.381. The van der Waals surface area contributed by atoms with Gasteiger partial charge in [0, 0.05) is 16.9 Å². The van der Waals surface area contributed by atoms with E-state index in [1.54, 1.807) is 64.1 Å². The van der Waals surface area contributed by atoms with Crippen molar-refractivity contribution in [1.29, 1.82) is 0 Å². The second-order valence-electron chi connectivity index (χ2n) is 6.91. The maximum Gasteiger partial charge on any atom is 0.238 e. The van der Waals surface area contributed by atoms with Crippen molar-refractivity contribution >= 4 is 23.2 Å². The summed E-state index contributed by atoms with van der Waals surface area (Å²) in [6, 6.07) is 6.49. The summed E-state index contributed by atoms with van der Waals surface area (Å²) in [5, 5.41) is 2.80. The molecule has 150 valence electrons. The largest absolute Gasteiger partial charge is 0.497 e. The van der Waals surface area contributed by atoms with Crippen molar-refractivity contribution < 1.29 is 19.1 Å². The van der Waals surface area contributed by atoms with Crippen LogP contribution in [0.15, 0.2) is 24.3 Å². The molecule has 0 unspecified atom stereocenters. The van der Waals surface area contributed by atoms with Crippen LogP contribution in [-0.2, 0) is 4.79 Å². The minimum atomic E-state index is -0.529. The van der Waals surface area contributed by atoms with Gasteiger partial charge in [0.15, 0.2) is 11.6 Å². The Kier molecular flexibility index (Phi) is 6.75. The third kappa shape index (κ3) is 4.67. The number of rotatable bonds is 8. The standard InChI is InChI=1S/C21H27N3O4/c1-12-19(15(4)25)13(2)22-20(12)21(27)14(3)24(5)11-18(26)23-16-7-9-17(28-6)10-8-16/h7-10,14,22H,11H2,1-6H3,(H,23,26)/t14-/m1/s1. The zero-order valence-corrected chi connectivity index (χ0v) is 17.2. The van der Waals surface area contributed by atoms with Crippen LogP contribution >= 0.6 is 0 Å². The summed E-state index contributed by atoms with van der Waals surface area (Å²) in [5.74, 6) is 0.241. The normalized spacial score (nSPS) is 12.0. The average Bonchev–Trinajstić information content (AvgIpc) is 2.95. The molecule has 0 aliphatic rings. The molecule has 0 radical (unpaired) electrons. The van der Waals surface area contributed by atoms with Gasteiger partial charge in [0.05, 0.1) is 25.4 Å². The molecule has 0 aliphatic carbocycles. The second kappa shape index (κ2) is 8.84. The van der Waals surface area contributed by atoms with Crippen LogP contribution < -0.4 is 10.1 Å². The Morgan fingerprint density at radius 3 is 2.29 bits per heavy atom. The number of nitrogens with one attached hydrogen (secondary N) is 2. The van der Waals surface area contributed by atoms with Gasteiger partial charge in [-0.05, 0) is 64.6 Å². The molecule has 0 saturated heterocycles. The number of amides is 1. The van der Waals surface area contributed by atoms with Crippen molar-refractivity contribution in [2.75, 3.05) is 26.0 Å². The number of carbonyl (C=O) groups is 3. The molecular weight excluding hydrogens is 358 g/mol. The minimum absolute atomic E-state index is 0.0528. The van der Waals surface area contributed by atoms with Gasteiger partial charge in [0.2, 0.25) is 5.91 Å². The Balaban J connectivity index is 2.04. The number of methoxy groups -OCH3 is 1. The summed E-state index contributed by atoms with van der Waals surface area (Å²) in [6.07, 6.45) is 0. The maximum absolute atomic E-state index is 12.9. The number of hydrogen-bond acceptors (Lipinski definition) is 5. The van der Waals surface area contributed by atoms with Gasteiger partial charge in [-0.15, -0.1) is 0 Å². The predicted octanol–water partition coefficient (Wildman–Crippen LogP) is 2.98. The minimum Gasteiger partial charge on any atom is -0.497 e. The number of ketones is 2. The van der Waals surface area contributed by atoms with E-state index in [1.807, 2.05) is 0 Å². The summed E-state index contributed by atoms with van der Waals surface area (Å²) in [5.41, 5.74) is 2.95. The fourth-order valence-corrected chi connectivity index (χ4v) is 3.17. The highest BCUT2D eigenvalue weighted by molar-refractivity contribution is 6.05. The number of ether oxygens (including phenoxy) is 1. The van der Waals surface area contributed by atoms with E-state index in [2.05, 4.69) is 10.3 Å². The lowest BCUT2D eigenvalue weighted by atomic mass is 10.0. The van der Waals surface area contributed by atoms with E-state index in [9.17, 15) is 14.4 Å². The Labute approximate surface area is 165 Å². The molecule has 2 N–H and O–H groups in total. The van der Waals surface area contributed by atoms with Gasteiger partial charge in [-0.25, -0.2) is 0 Å². The van der Waals surface area contributed by atoms with E-state index in [4.69, 9.17) is 4.74 Å². The molecule has 2 rings (SSSR count). The van der Waals surface area contributed by atoms with Gasteiger partial charge in [-0.2, -0.15) is 0 Å². The average molecular weight is 385 g/mol. The number of carbonyl (C=O) groups excluding carboxylic acids is 3. The SMILES string of the molecule is COc1ccc(NC(=O)CN(C)[C@H](C)C(=O)c2[nH]c(C)c(C(C)=O)c2C)cc1. The summed E-state index contributed by atoms with van der Waals surface area (Å²) < 4.78 is 5.09. The summed E-state index contributed by atoms with van der Waals surface area (Å²) in [4.78, 5) is 41.7. The Morgan fingerprint density at radius 2 is 1.79 bits per heavy atom. The summed E-state index contributed by atoms with van der Waals surface area (Å²) in [6.45, 7) is 6.81. The van der Waals surface area contributed by atoms with Crippen LogP contribution in [0, 0.1) is 13.8 Å². The van der Waals surface area contributed by atoms with E-state index in [1.165, 1.54) is 6.92 Å². The number of anilines is 1. The molecule has 0 saturated carbocycles. The van der Waals surface area contributed by atoms with Gasteiger partial charge in [-0.3, -0.25) is 19.3 Å². The van der Waals surface area contributed by atoms with Crippen LogP contribution in [0.3, 0.4) is 0 Å². The molecule has 7 heteroatoms. The smallest absolute Gasteiger partial charge is 0.238 e. The molecule has 0 fully saturated rings. The molecule has 1 atom stereocenters. The number of likely N-dealkylation sites (N-methyl/N-ethyl adjacent to an activating group) is 1. The molecule has 0 aliphatic heterocycles. The van der Waals surface area contributed by atoms with E-state index in [0.717, 1.165) is 0 Å². The molecule has 1 amide bonds. The first-order valence-corrected chi connectivity index (χ1v) is 9.04. The maximum atomic E-state index is 12.9. The van der Waals surface area contributed by atoms with Crippen LogP contribution in [0.5, 0.6) is 5.75 Å². The number of aromatic amines is 1. The molecule has 1 heterocycles. The molecule has 28 heavy (non-hydrogen) atoms. The lowest BCUT2D eigenvalue weighted by Gasteiger charge is -2.23. The zero-order chi connectivity index (χ0) is 21.0. The second-order valence-corrected chi connectivity index (χ2v) is 6.91. The van der Waals surface area contributed by atoms with Crippen LogP contribution in [0.1, 0.15) is 46.0 Å². The van der Waals surface area contributed by atoms with Gasteiger partial charge in [0.1, 0.15) is 5.75 Å². The van der Waals surface area contributed by atoms with Crippen LogP contribution in [0.2, 0.25) is 0 Å². The molecular formula is C21H27N3O4. The van der Waals surface area contributed by atoms with Crippen LogP contribution in [-0.4, -0.2) is 54.1 Å². The Morgan fingerprint density at radius 1 is 1.18 bits per heavy atom. The Hall–Kier alpha value is -2.93. The third-order valence-electron chi connectivity index (χ3n) is 4.84. The number of aryl methyl sites for hydroxylation is 1. The first kappa shape index (κ1) is 21.4. The van der Waals surface area contributed by atoms with Crippen molar-refractivity contribution in [2.24, 2.45) is 0 Å². The van der Waals surface area contributed by atoms with Gasteiger partial charge in [-0.1, -0.05) is 0 Å². The molecule has 0 spiro atoms. The van der Waals surface area contributed by atoms with E-state index in [0.29, 0.717) is 34.0 Å². The third-order valence-corrected chi connectivity index (χ3v) is 4.84. The van der Waals surface area contributed by atoms with E-state index in [-0.39, 0.29) is 24.0 Å². The van der Waals surface area contributed by atoms with Gasteiger partial charge < -0.3 is 15.0 Å².